The summed E-state index contributed by atoms with van der Waals surface area (Å²) in [5.41, 5.74) is 1.42. The maximum absolute atomic E-state index is 12.4. The highest BCUT2D eigenvalue weighted by Gasteiger charge is 2.20. The van der Waals surface area contributed by atoms with Gasteiger partial charge in [-0.15, -0.1) is 0 Å². The Hall–Kier alpha value is -2.81. The van der Waals surface area contributed by atoms with Gasteiger partial charge in [-0.1, -0.05) is 18.7 Å². The van der Waals surface area contributed by atoms with Gasteiger partial charge < -0.3 is 15.0 Å². The van der Waals surface area contributed by atoms with Crippen LogP contribution in [0.1, 0.15) is 30.1 Å². The molecular formula is C21H26N6O2S. The molecule has 1 N–H and O–H groups in total. The summed E-state index contributed by atoms with van der Waals surface area (Å²) in [6.45, 7) is 5.13. The lowest BCUT2D eigenvalue weighted by Gasteiger charge is -2.17. The molecule has 0 spiro atoms. The number of benzene rings is 1. The van der Waals surface area contributed by atoms with E-state index in [-0.39, 0.29) is 5.91 Å². The number of aromatic nitrogens is 4. The predicted molar refractivity (Wildman–Crippen MR) is 118 cm³/mol. The van der Waals surface area contributed by atoms with Crippen LogP contribution < -0.4 is 15.0 Å². The van der Waals surface area contributed by atoms with E-state index in [1.54, 1.807) is 43.1 Å². The van der Waals surface area contributed by atoms with Crippen molar-refractivity contribution in [2.24, 2.45) is 0 Å². The molecule has 1 aliphatic rings. The Labute approximate surface area is 180 Å². The molecule has 0 saturated carbocycles. The van der Waals surface area contributed by atoms with Crippen LogP contribution in [0, 0.1) is 0 Å². The van der Waals surface area contributed by atoms with E-state index in [0.29, 0.717) is 18.7 Å². The topological polar surface area (TPSA) is 85.2 Å². The molecule has 0 unspecified atom stereocenters. The van der Waals surface area contributed by atoms with Crippen molar-refractivity contribution in [2.45, 2.75) is 31.5 Å². The fraction of sp³-hybridized carbons (Fsp3) is 0.429. The molecule has 3 heterocycles. The Kier molecular flexibility index (Phi) is 6.37. The number of fused-ring (bicyclic) bond motifs is 1. The number of ether oxygens (including phenoxy) is 1. The van der Waals surface area contributed by atoms with Gasteiger partial charge in [0.1, 0.15) is 11.6 Å². The number of hydrogen-bond acceptors (Lipinski definition) is 7. The standard InChI is InChI=1S/C21H26N6O2S/c1-3-30-21-24-18(26-11-4-5-12-26)17-14-23-27(19(17)25-21)13-10-22-20(28)15-6-8-16(29-2)9-7-15/h6-9,14H,3-5,10-13H2,1-2H3,(H,22,28). The molecule has 1 aliphatic heterocycles. The highest BCUT2D eigenvalue weighted by atomic mass is 32.2. The van der Waals surface area contributed by atoms with Crippen LogP contribution in [0.4, 0.5) is 5.82 Å². The van der Waals surface area contributed by atoms with Crippen molar-refractivity contribution in [3.05, 3.63) is 36.0 Å². The summed E-state index contributed by atoms with van der Waals surface area (Å²) >= 11 is 1.63. The summed E-state index contributed by atoms with van der Waals surface area (Å²) < 4.78 is 6.98. The summed E-state index contributed by atoms with van der Waals surface area (Å²) in [6, 6.07) is 7.06. The zero-order chi connectivity index (χ0) is 20.9. The maximum atomic E-state index is 12.4. The van der Waals surface area contributed by atoms with Crippen LogP contribution >= 0.6 is 11.8 Å². The predicted octanol–water partition coefficient (Wildman–Crippen LogP) is 2.98. The zero-order valence-corrected chi connectivity index (χ0v) is 18.1. The molecule has 2 aromatic heterocycles. The molecule has 9 heteroatoms. The molecule has 3 aromatic rings. The number of carbonyl (C=O) groups excluding carboxylic acids is 1. The second kappa shape index (κ2) is 9.34. The number of nitrogens with one attached hydrogen (secondary N) is 1. The number of thioether (sulfide) groups is 1. The van der Waals surface area contributed by atoms with Gasteiger partial charge in [0.15, 0.2) is 10.8 Å². The summed E-state index contributed by atoms with van der Waals surface area (Å²) in [6.07, 6.45) is 4.22. The molecule has 0 bridgehead atoms. The molecule has 4 rings (SSSR count). The highest BCUT2D eigenvalue weighted by molar-refractivity contribution is 7.99. The van der Waals surface area contributed by atoms with E-state index in [0.717, 1.165) is 46.6 Å². The molecule has 1 aromatic carbocycles. The molecule has 158 valence electrons. The van der Waals surface area contributed by atoms with Crippen molar-refractivity contribution < 1.29 is 9.53 Å². The number of hydrogen-bond donors (Lipinski definition) is 1. The number of anilines is 1. The van der Waals surface area contributed by atoms with E-state index in [2.05, 4.69) is 22.2 Å². The Morgan fingerprint density at radius 2 is 1.97 bits per heavy atom. The number of nitrogens with zero attached hydrogens (tertiary/aromatic N) is 5. The molecule has 1 amide bonds. The third kappa shape index (κ3) is 4.35. The molecule has 0 radical (unpaired) electrons. The average molecular weight is 427 g/mol. The van der Waals surface area contributed by atoms with Gasteiger partial charge in [-0.25, -0.2) is 14.6 Å². The van der Waals surface area contributed by atoms with E-state index in [9.17, 15) is 4.79 Å². The lowest BCUT2D eigenvalue weighted by molar-refractivity contribution is 0.0952. The minimum Gasteiger partial charge on any atom is -0.497 e. The van der Waals surface area contributed by atoms with E-state index in [1.165, 1.54) is 12.8 Å². The van der Waals surface area contributed by atoms with Crippen LogP contribution in [0.15, 0.2) is 35.6 Å². The van der Waals surface area contributed by atoms with Crippen LogP contribution in [-0.4, -0.2) is 58.2 Å². The van der Waals surface area contributed by atoms with Gasteiger partial charge in [-0.2, -0.15) is 5.10 Å². The van der Waals surface area contributed by atoms with Crippen LogP contribution in [-0.2, 0) is 6.54 Å². The van der Waals surface area contributed by atoms with Crippen molar-refractivity contribution in [1.29, 1.82) is 0 Å². The van der Waals surface area contributed by atoms with E-state index in [4.69, 9.17) is 14.7 Å². The van der Waals surface area contributed by atoms with Crippen LogP contribution in [0.2, 0.25) is 0 Å². The third-order valence-corrected chi connectivity index (χ3v) is 5.83. The van der Waals surface area contributed by atoms with Gasteiger partial charge in [-0.3, -0.25) is 4.79 Å². The second-order valence-corrected chi connectivity index (χ2v) is 8.28. The van der Waals surface area contributed by atoms with E-state index >= 15 is 0 Å². The number of carbonyl (C=O) groups is 1. The van der Waals surface area contributed by atoms with Gasteiger partial charge in [-0.05, 0) is 42.9 Å². The van der Waals surface area contributed by atoms with Gasteiger partial charge in [0.05, 0.1) is 25.2 Å². The van der Waals surface area contributed by atoms with Crippen molar-refractivity contribution in [3.8, 4) is 5.75 Å². The SMILES string of the molecule is CCSc1nc(N2CCCC2)c2cnn(CCNC(=O)c3ccc(OC)cc3)c2n1. The van der Waals surface area contributed by atoms with Gasteiger partial charge in [0, 0.05) is 25.2 Å². The van der Waals surface area contributed by atoms with Gasteiger partial charge >= 0.3 is 0 Å². The first-order chi connectivity index (χ1) is 14.7. The summed E-state index contributed by atoms with van der Waals surface area (Å²) in [5, 5.41) is 9.23. The third-order valence-electron chi connectivity index (χ3n) is 5.10. The summed E-state index contributed by atoms with van der Waals surface area (Å²) in [4.78, 5) is 24.2. The number of rotatable bonds is 8. The Balaban J connectivity index is 1.49. The first-order valence-electron chi connectivity index (χ1n) is 10.2. The zero-order valence-electron chi connectivity index (χ0n) is 17.3. The monoisotopic (exact) mass is 426 g/mol. The van der Waals surface area contributed by atoms with Crippen molar-refractivity contribution in [2.75, 3.05) is 37.4 Å². The Bertz CT molecular complexity index is 1010. The Morgan fingerprint density at radius 1 is 1.20 bits per heavy atom. The highest BCUT2D eigenvalue weighted by Crippen LogP contribution is 2.29. The first kappa shape index (κ1) is 20.5. The average Bonchev–Trinajstić information content (AvgIpc) is 3.44. The molecule has 1 fully saturated rings. The largest absolute Gasteiger partial charge is 0.497 e. The smallest absolute Gasteiger partial charge is 0.251 e. The van der Waals surface area contributed by atoms with E-state index < -0.39 is 0 Å². The van der Waals surface area contributed by atoms with Gasteiger partial charge in [0.25, 0.3) is 5.91 Å². The molecule has 8 nitrogen and oxygen atoms in total. The lowest BCUT2D eigenvalue weighted by Crippen LogP contribution is -2.27. The molecule has 0 aliphatic carbocycles. The fourth-order valence-corrected chi connectivity index (χ4v) is 4.13. The Morgan fingerprint density at radius 3 is 2.67 bits per heavy atom. The van der Waals surface area contributed by atoms with E-state index in [1.807, 2.05) is 10.9 Å². The van der Waals surface area contributed by atoms with Gasteiger partial charge in [0.2, 0.25) is 0 Å². The second-order valence-electron chi connectivity index (χ2n) is 7.05. The minimum atomic E-state index is -0.122. The summed E-state index contributed by atoms with van der Waals surface area (Å²) in [7, 11) is 1.60. The fourth-order valence-electron chi connectivity index (χ4n) is 3.57. The quantitative estimate of drug-likeness (QED) is 0.438. The van der Waals surface area contributed by atoms with Crippen molar-refractivity contribution in [3.63, 3.8) is 0 Å². The van der Waals surface area contributed by atoms with Crippen molar-refractivity contribution in [1.82, 2.24) is 25.1 Å². The molecule has 1 saturated heterocycles. The number of amides is 1. The van der Waals surface area contributed by atoms with Crippen LogP contribution in [0.25, 0.3) is 11.0 Å². The molecule has 0 atom stereocenters. The minimum absolute atomic E-state index is 0.122. The molecule has 30 heavy (non-hydrogen) atoms. The van der Waals surface area contributed by atoms with Crippen molar-refractivity contribution >= 4 is 34.5 Å². The first-order valence-corrected chi connectivity index (χ1v) is 11.2. The lowest BCUT2D eigenvalue weighted by atomic mass is 10.2. The number of methoxy groups -OCH3 is 1. The van der Waals surface area contributed by atoms with Crippen LogP contribution in [0.3, 0.4) is 0 Å². The summed E-state index contributed by atoms with van der Waals surface area (Å²) in [5.74, 6) is 2.49. The van der Waals surface area contributed by atoms with Crippen LogP contribution in [0.5, 0.6) is 5.75 Å². The maximum Gasteiger partial charge on any atom is 0.251 e. The normalized spacial score (nSPS) is 13.7. The molecular weight excluding hydrogens is 400 g/mol.